The van der Waals surface area contributed by atoms with Gasteiger partial charge in [-0.2, -0.15) is 0 Å². The number of benzene rings is 5. The molecule has 4 aliphatic carbocycles. The third-order valence-corrected chi connectivity index (χ3v) is 16.8. The molecule has 0 bridgehead atoms. The van der Waals surface area contributed by atoms with Gasteiger partial charge in [-0.1, -0.05) is 160 Å². The minimum Gasteiger partial charge on any atom is -0.0805 e. The van der Waals surface area contributed by atoms with Crippen LogP contribution in [0.25, 0.3) is 28.3 Å². The summed E-state index contributed by atoms with van der Waals surface area (Å²) in [5.74, 6) is 0. The quantitative estimate of drug-likeness (QED) is 0.168. The van der Waals surface area contributed by atoms with Crippen molar-refractivity contribution in [2.45, 2.75) is 69.0 Å². The molecule has 1 heteroatoms. The summed E-state index contributed by atoms with van der Waals surface area (Å²) in [4.78, 5) is 0. The lowest BCUT2D eigenvalue weighted by Crippen LogP contribution is -2.52. The molecular weight excluding hydrogens is 593 g/mol. The average Bonchev–Trinajstić information content (AvgIpc) is 3.89. The van der Waals surface area contributed by atoms with Gasteiger partial charge in [0, 0.05) is 10.6 Å². The smallest absolute Gasteiger partial charge is 0.0800 e. The molecule has 9 rings (SSSR count). The fourth-order valence-corrected chi connectivity index (χ4v) is 16.1. The van der Waals surface area contributed by atoms with E-state index in [4.69, 9.17) is 0 Å². The summed E-state index contributed by atoms with van der Waals surface area (Å²) in [6.45, 7) is 12.0. The van der Waals surface area contributed by atoms with Crippen molar-refractivity contribution in [3.63, 3.8) is 0 Å². The number of hydrogen-bond acceptors (Lipinski definition) is 0. The maximum Gasteiger partial charge on any atom is 0.0800 e. The minimum atomic E-state index is -2.07. The van der Waals surface area contributed by atoms with Crippen molar-refractivity contribution in [1.82, 2.24) is 0 Å². The van der Waals surface area contributed by atoms with Gasteiger partial charge in [-0.05, 0) is 110 Å². The molecule has 0 saturated heterocycles. The molecule has 0 spiro atoms. The second-order valence-corrected chi connectivity index (χ2v) is 19.1. The molecule has 0 aliphatic heterocycles. The first-order valence-electron chi connectivity index (χ1n) is 17.8. The standard InChI is InChI=1S/C47H44Si/c1-30-25-26-31(2)43-33(30)27-28-42(43)48(45-38-20-10-8-17-34(38)35-18-9-11-21-39(35)45)47(29-32-15-6-7-16-32)40-23-13-12-19-36(40)37-22-14-24-41(44(37)47)46(3,4)5/h6-15,17-28,42,45,48H,16,29H2,1-5H3. The number of rotatable bonds is 5. The predicted molar refractivity (Wildman–Crippen MR) is 206 cm³/mol. The van der Waals surface area contributed by atoms with E-state index in [0.29, 0.717) is 11.1 Å². The highest BCUT2D eigenvalue weighted by atomic mass is 28.3. The monoisotopic (exact) mass is 636 g/mol. The first kappa shape index (κ1) is 29.7. The van der Waals surface area contributed by atoms with Crippen LogP contribution in [0.4, 0.5) is 0 Å². The summed E-state index contributed by atoms with van der Waals surface area (Å²) in [6.07, 6.45) is 14.4. The first-order valence-corrected chi connectivity index (χ1v) is 19.7. The van der Waals surface area contributed by atoms with Gasteiger partial charge in [0.2, 0.25) is 0 Å². The SMILES string of the molecule is Cc1ccc(C)c2c1C=CC2[SiH](C1c2ccccc2-c2ccccc21)C1(CC2=CC=CC2)c2ccccc2-c2cccc(C(C)(C)C)c21. The van der Waals surface area contributed by atoms with Gasteiger partial charge >= 0.3 is 0 Å². The zero-order valence-corrected chi connectivity index (χ0v) is 30.0. The van der Waals surface area contributed by atoms with E-state index in [1.54, 1.807) is 33.4 Å². The lowest BCUT2D eigenvalue weighted by Gasteiger charge is -2.47. The maximum atomic E-state index is 2.66. The van der Waals surface area contributed by atoms with Gasteiger partial charge in [-0.3, -0.25) is 0 Å². The molecule has 5 aromatic rings. The lowest BCUT2D eigenvalue weighted by atomic mass is 9.77. The maximum absolute atomic E-state index is 2.66. The van der Waals surface area contributed by atoms with E-state index in [9.17, 15) is 0 Å². The van der Waals surface area contributed by atoms with Crippen molar-refractivity contribution in [3.8, 4) is 22.3 Å². The zero-order valence-electron chi connectivity index (χ0n) is 28.8. The molecule has 0 aromatic heterocycles. The number of allylic oxidation sites excluding steroid dienone is 5. The van der Waals surface area contributed by atoms with Crippen LogP contribution < -0.4 is 0 Å². The Hall–Kier alpha value is -4.46. The molecule has 3 unspecified atom stereocenters. The highest BCUT2D eigenvalue weighted by molar-refractivity contribution is 6.69. The molecule has 0 N–H and O–H groups in total. The topological polar surface area (TPSA) is 0 Å². The third-order valence-electron chi connectivity index (χ3n) is 12.1. The third kappa shape index (κ3) is 4.13. The molecule has 0 nitrogen and oxygen atoms in total. The number of fused-ring (bicyclic) bond motifs is 7. The summed E-state index contributed by atoms with van der Waals surface area (Å²) in [5.41, 5.74) is 21.8. The molecule has 236 valence electrons. The highest BCUT2D eigenvalue weighted by Crippen LogP contribution is 2.63. The summed E-state index contributed by atoms with van der Waals surface area (Å²) in [5, 5.41) is -0.129. The molecule has 0 fully saturated rings. The second-order valence-electron chi connectivity index (χ2n) is 15.7. The van der Waals surface area contributed by atoms with Crippen molar-refractivity contribution in [3.05, 3.63) is 183 Å². The molecule has 4 aliphatic rings. The largest absolute Gasteiger partial charge is 0.0805 e. The molecule has 48 heavy (non-hydrogen) atoms. The van der Waals surface area contributed by atoms with Crippen LogP contribution in [0, 0.1) is 13.8 Å². The summed E-state index contributed by atoms with van der Waals surface area (Å²) in [7, 11) is -2.07. The summed E-state index contributed by atoms with van der Waals surface area (Å²) in [6, 6.07) is 40.3. The highest BCUT2D eigenvalue weighted by Gasteiger charge is 2.58. The average molecular weight is 637 g/mol. The molecular formula is C47H44Si. The van der Waals surface area contributed by atoms with E-state index in [0.717, 1.165) is 12.8 Å². The fraction of sp³-hybridized carbons (Fsp3) is 0.234. The zero-order chi connectivity index (χ0) is 32.8. The van der Waals surface area contributed by atoms with Crippen LogP contribution in [0.1, 0.15) is 94.8 Å². The summed E-state index contributed by atoms with van der Waals surface area (Å²) < 4.78 is 0. The van der Waals surface area contributed by atoms with Gasteiger partial charge < -0.3 is 0 Å². The van der Waals surface area contributed by atoms with Crippen molar-refractivity contribution in [2.75, 3.05) is 0 Å². The Labute approximate surface area is 288 Å². The fourth-order valence-electron chi connectivity index (χ4n) is 10.2. The van der Waals surface area contributed by atoms with E-state index >= 15 is 0 Å². The van der Waals surface area contributed by atoms with Crippen LogP contribution in [0.2, 0.25) is 0 Å². The Bertz CT molecular complexity index is 2170. The van der Waals surface area contributed by atoms with Gasteiger partial charge in [0.1, 0.15) is 0 Å². The Morgan fingerprint density at radius 1 is 0.708 bits per heavy atom. The molecule has 0 saturated carbocycles. The second kappa shape index (κ2) is 10.8. The van der Waals surface area contributed by atoms with Crippen LogP contribution in [-0.4, -0.2) is 8.80 Å². The molecule has 0 radical (unpaired) electrons. The first-order chi connectivity index (χ1) is 23.3. The van der Waals surface area contributed by atoms with Crippen LogP contribution in [-0.2, 0) is 10.5 Å². The number of aryl methyl sites for hydroxylation is 2. The van der Waals surface area contributed by atoms with E-state index in [1.807, 2.05) is 0 Å². The molecule has 3 atom stereocenters. The van der Waals surface area contributed by atoms with Gasteiger partial charge in [0.15, 0.2) is 0 Å². The van der Waals surface area contributed by atoms with Gasteiger partial charge in [0.05, 0.1) is 8.80 Å². The van der Waals surface area contributed by atoms with Crippen molar-refractivity contribution in [2.24, 2.45) is 0 Å². The summed E-state index contributed by atoms with van der Waals surface area (Å²) >= 11 is 0. The Morgan fingerprint density at radius 3 is 2.04 bits per heavy atom. The Balaban J connectivity index is 1.45. The molecule has 5 aromatic carbocycles. The van der Waals surface area contributed by atoms with Crippen LogP contribution in [0.15, 0.2) is 133 Å². The Morgan fingerprint density at radius 2 is 1.35 bits per heavy atom. The van der Waals surface area contributed by atoms with Crippen LogP contribution >= 0.6 is 0 Å². The van der Waals surface area contributed by atoms with Crippen molar-refractivity contribution in [1.29, 1.82) is 0 Å². The van der Waals surface area contributed by atoms with Gasteiger partial charge in [0.25, 0.3) is 0 Å². The van der Waals surface area contributed by atoms with Gasteiger partial charge in [-0.15, -0.1) is 0 Å². The molecule has 0 amide bonds. The van der Waals surface area contributed by atoms with E-state index < -0.39 is 8.80 Å². The Kier molecular flexibility index (Phi) is 6.66. The molecule has 0 heterocycles. The predicted octanol–water partition coefficient (Wildman–Crippen LogP) is 11.6. The number of hydrogen-bond donors (Lipinski definition) is 0. The van der Waals surface area contributed by atoms with E-state index in [2.05, 4.69) is 168 Å². The van der Waals surface area contributed by atoms with E-state index in [-0.39, 0.29) is 10.5 Å². The van der Waals surface area contributed by atoms with Crippen molar-refractivity contribution < 1.29 is 0 Å². The normalized spacial score (nSPS) is 20.7. The van der Waals surface area contributed by atoms with Crippen LogP contribution in [0.3, 0.4) is 0 Å². The van der Waals surface area contributed by atoms with Crippen LogP contribution in [0.5, 0.6) is 0 Å². The minimum absolute atomic E-state index is 0.00130. The van der Waals surface area contributed by atoms with Gasteiger partial charge in [-0.25, -0.2) is 0 Å². The van der Waals surface area contributed by atoms with Crippen molar-refractivity contribution >= 4 is 14.9 Å². The van der Waals surface area contributed by atoms with E-state index in [1.165, 1.54) is 44.5 Å². The lowest BCUT2D eigenvalue weighted by molar-refractivity contribution is 0.564.